The van der Waals surface area contributed by atoms with Gasteiger partial charge < -0.3 is 13.3 Å². The van der Waals surface area contributed by atoms with Gasteiger partial charge in [-0.25, -0.2) is 0 Å². The van der Waals surface area contributed by atoms with Gasteiger partial charge in [-0.15, -0.1) is 0 Å². The van der Waals surface area contributed by atoms with E-state index in [0.29, 0.717) is 4.28 Å². The summed E-state index contributed by atoms with van der Waals surface area (Å²) in [4.78, 5) is 0. The van der Waals surface area contributed by atoms with Crippen molar-refractivity contribution in [1.82, 2.24) is 0 Å². The van der Waals surface area contributed by atoms with Crippen LogP contribution >= 0.6 is 0 Å². The van der Waals surface area contributed by atoms with Gasteiger partial charge in [0.05, 0.1) is 0 Å². The van der Waals surface area contributed by atoms with Crippen LogP contribution in [0.1, 0.15) is 6.92 Å². The summed E-state index contributed by atoms with van der Waals surface area (Å²) in [5.74, 6) is 0. The Hall–Kier alpha value is 0.531. The lowest BCUT2D eigenvalue weighted by atomic mass is 10.9. The highest BCUT2D eigenvalue weighted by atomic mass is 28.4. The first kappa shape index (κ1) is 11.5. The first-order valence-electron chi connectivity index (χ1n) is 3.65. The summed E-state index contributed by atoms with van der Waals surface area (Å²) >= 11 is 0. The van der Waals surface area contributed by atoms with Gasteiger partial charge in [-0.3, -0.25) is 0 Å². The third-order valence-corrected chi connectivity index (χ3v) is 8.11. The normalized spacial score (nSPS) is 19.6. The molecule has 68 valence electrons. The standard InChI is InChI=1S/C5H18O3Si3/c1-5(9-6-2,10-7-3)11-8-4/h9-11H2,1-4H3. The molecule has 0 aromatic rings. The Bertz CT molecular complexity index is 84.0. The minimum absolute atomic E-state index is 0.401. The second kappa shape index (κ2) is 6.09. The molecule has 0 saturated heterocycles. The van der Waals surface area contributed by atoms with Gasteiger partial charge in [0.1, 0.15) is 0 Å². The molecule has 0 aliphatic carbocycles. The highest BCUT2D eigenvalue weighted by Gasteiger charge is 2.26. The molecule has 0 saturated carbocycles. The Morgan fingerprint density at radius 2 is 1.09 bits per heavy atom. The first-order chi connectivity index (χ1) is 5.18. The van der Waals surface area contributed by atoms with Crippen molar-refractivity contribution in [3.63, 3.8) is 0 Å². The van der Waals surface area contributed by atoms with Crippen molar-refractivity contribution < 1.29 is 13.3 Å². The van der Waals surface area contributed by atoms with Crippen molar-refractivity contribution in [3.8, 4) is 0 Å². The molecule has 0 fully saturated rings. The molecule has 0 aliphatic heterocycles. The first-order valence-corrected chi connectivity index (χ1v) is 7.50. The molecule has 3 nitrogen and oxygen atoms in total. The third-order valence-electron chi connectivity index (χ3n) is 1.48. The molecule has 0 N–H and O–H groups in total. The van der Waals surface area contributed by atoms with Crippen LogP contribution in [0.2, 0.25) is 4.28 Å². The van der Waals surface area contributed by atoms with E-state index in [1.165, 1.54) is 0 Å². The van der Waals surface area contributed by atoms with E-state index in [1.54, 1.807) is 21.3 Å². The van der Waals surface area contributed by atoms with Gasteiger partial charge in [-0.1, -0.05) is 6.92 Å². The molecule has 0 heterocycles. The van der Waals surface area contributed by atoms with Gasteiger partial charge in [-0.2, -0.15) is 0 Å². The highest BCUT2D eigenvalue weighted by molar-refractivity contribution is 6.73. The minimum Gasteiger partial charge on any atom is -0.427 e. The summed E-state index contributed by atoms with van der Waals surface area (Å²) in [6, 6.07) is 0. The van der Waals surface area contributed by atoms with Crippen LogP contribution in [-0.4, -0.2) is 50.6 Å². The van der Waals surface area contributed by atoms with Crippen LogP contribution in [0.25, 0.3) is 0 Å². The Kier molecular flexibility index (Phi) is 6.39. The average Bonchev–Trinajstić information content (AvgIpc) is 1.88. The average molecular weight is 210 g/mol. The lowest BCUT2D eigenvalue weighted by Crippen LogP contribution is -2.33. The van der Waals surface area contributed by atoms with Crippen LogP contribution in [0.3, 0.4) is 0 Å². The summed E-state index contributed by atoms with van der Waals surface area (Å²) in [6.45, 7) is 2.26. The summed E-state index contributed by atoms with van der Waals surface area (Å²) in [6.07, 6.45) is 0. The summed E-state index contributed by atoms with van der Waals surface area (Å²) in [5.41, 5.74) is 0. The Balaban J connectivity index is 3.79. The van der Waals surface area contributed by atoms with Crippen molar-refractivity contribution >= 4 is 29.3 Å². The number of hydrogen-bond donors (Lipinski definition) is 0. The number of hydrogen-bond acceptors (Lipinski definition) is 3. The van der Waals surface area contributed by atoms with Gasteiger partial charge in [0.25, 0.3) is 0 Å². The molecule has 0 amide bonds. The Labute approximate surface area is 75.6 Å². The van der Waals surface area contributed by atoms with Gasteiger partial charge >= 0.3 is 0 Å². The van der Waals surface area contributed by atoms with Crippen molar-refractivity contribution in [1.29, 1.82) is 0 Å². The fraction of sp³-hybridized carbons (Fsp3) is 1.00. The highest BCUT2D eigenvalue weighted by Crippen LogP contribution is 2.19. The van der Waals surface area contributed by atoms with Gasteiger partial charge in [0.2, 0.25) is 0 Å². The van der Waals surface area contributed by atoms with Crippen LogP contribution in [0, 0.1) is 0 Å². The maximum atomic E-state index is 5.26. The molecule has 0 bridgehead atoms. The maximum Gasteiger partial charge on any atom is 0.165 e. The summed E-state index contributed by atoms with van der Waals surface area (Å²) in [7, 11) is 4.14. The fourth-order valence-corrected chi connectivity index (χ4v) is 7.94. The molecule has 0 aliphatic rings. The predicted octanol–water partition coefficient (Wildman–Crippen LogP) is -1.73. The molecule has 0 aromatic carbocycles. The Morgan fingerprint density at radius 1 is 0.818 bits per heavy atom. The second-order valence-corrected chi connectivity index (χ2v) is 13.8. The minimum atomic E-state index is -0.409. The molecule has 0 radical (unpaired) electrons. The summed E-state index contributed by atoms with van der Waals surface area (Å²) < 4.78 is 16.2. The van der Waals surface area contributed by atoms with E-state index in [4.69, 9.17) is 13.3 Å². The lowest BCUT2D eigenvalue weighted by molar-refractivity contribution is 0.393. The van der Waals surface area contributed by atoms with Crippen LogP contribution in [0.5, 0.6) is 0 Å². The molecule has 0 rings (SSSR count). The second-order valence-electron chi connectivity index (χ2n) is 3.11. The maximum absolute atomic E-state index is 5.26. The molecule has 0 atom stereocenters. The van der Waals surface area contributed by atoms with Crippen molar-refractivity contribution in [2.45, 2.75) is 11.2 Å². The van der Waals surface area contributed by atoms with E-state index in [1.807, 2.05) is 0 Å². The summed E-state index contributed by atoms with van der Waals surface area (Å²) in [5, 5.41) is 0. The van der Waals surface area contributed by atoms with E-state index in [-0.39, 0.29) is 0 Å². The van der Waals surface area contributed by atoms with Gasteiger partial charge in [-0.05, 0) is 0 Å². The molecule has 0 unspecified atom stereocenters. The molecule has 6 heteroatoms. The fourth-order valence-electron chi connectivity index (χ4n) is 1.17. The van der Waals surface area contributed by atoms with Crippen molar-refractivity contribution in [3.05, 3.63) is 0 Å². The van der Waals surface area contributed by atoms with E-state index < -0.39 is 29.3 Å². The largest absolute Gasteiger partial charge is 0.427 e. The van der Waals surface area contributed by atoms with E-state index in [2.05, 4.69) is 6.92 Å². The van der Waals surface area contributed by atoms with Crippen LogP contribution in [-0.2, 0) is 13.3 Å². The van der Waals surface area contributed by atoms with E-state index in [0.717, 1.165) is 0 Å². The molecular weight excluding hydrogens is 192 g/mol. The molecule has 0 aromatic heterocycles. The van der Waals surface area contributed by atoms with Gasteiger partial charge in [0.15, 0.2) is 29.3 Å². The molecule has 11 heavy (non-hydrogen) atoms. The van der Waals surface area contributed by atoms with Crippen molar-refractivity contribution in [2.75, 3.05) is 21.3 Å². The lowest BCUT2D eigenvalue weighted by Gasteiger charge is -2.24. The monoisotopic (exact) mass is 210 g/mol. The smallest absolute Gasteiger partial charge is 0.165 e. The van der Waals surface area contributed by atoms with E-state index >= 15 is 0 Å². The van der Waals surface area contributed by atoms with E-state index in [9.17, 15) is 0 Å². The van der Waals surface area contributed by atoms with Crippen LogP contribution in [0.15, 0.2) is 0 Å². The predicted molar refractivity (Wildman–Crippen MR) is 55.0 cm³/mol. The zero-order chi connectivity index (χ0) is 8.74. The molecular formula is C5H18O3Si3. The zero-order valence-corrected chi connectivity index (χ0v) is 12.1. The third kappa shape index (κ3) is 4.88. The van der Waals surface area contributed by atoms with Crippen LogP contribution < -0.4 is 0 Å². The number of rotatable bonds is 6. The van der Waals surface area contributed by atoms with Crippen molar-refractivity contribution in [2.24, 2.45) is 0 Å². The topological polar surface area (TPSA) is 27.7 Å². The Morgan fingerprint density at radius 3 is 1.27 bits per heavy atom. The van der Waals surface area contributed by atoms with Crippen LogP contribution in [0.4, 0.5) is 0 Å². The zero-order valence-electron chi connectivity index (χ0n) is 7.85. The van der Waals surface area contributed by atoms with Gasteiger partial charge in [0, 0.05) is 25.6 Å². The molecule has 0 spiro atoms. The quantitative estimate of drug-likeness (QED) is 0.488. The SMILES string of the molecule is CO[SiH2]C(C)([SiH2]OC)[SiH2]OC.